The fourth-order valence-electron chi connectivity index (χ4n) is 3.67. The van der Waals surface area contributed by atoms with Crippen LogP contribution in [-0.2, 0) is 19.5 Å². The highest BCUT2D eigenvalue weighted by molar-refractivity contribution is 8.01. The Labute approximate surface area is 227 Å². The van der Waals surface area contributed by atoms with Gasteiger partial charge in [-0.2, -0.15) is 0 Å². The van der Waals surface area contributed by atoms with Crippen LogP contribution in [0, 0.1) is 0 Å². The van der Waals surface area contributed by atoms with Crippen LogP contribution in [0.3, 0.4) is 0 Å². The summed E-state index contributed by atoms with van der Waals surface area (Å²) in [5.41, 5.74) is 4.46. The van der Waals surface area contributed by atoms with Gasteiger partial charge in [0.05, 0.1) is 31.3 Å². The van der Waals surface area contributed by atoms with Crippen molar-refractivity contribution >= 4 is 44.8 Å². The first-order chi connectivity index (χ1) is 17.8. The summed E-state index contributed by atoms with van der Waals surface area (Å²) in [6.45, 7) is 6.49. The number of rotatable bonds is 15. The van der Waals surface area contributed by atoms with Crippen LogP contribution in [0.1, 0.15) is 48.3 Å². The standard InChI is InChI=1S/C24H36N4O6S3/c1-3-4-5-22(29)19-6-8-20(9-7-19)28(37(2,31)32)25-10-17-35-24-26-21(18-36-24)23(30)34-16-13-27-11-14-33-15-12-27/h6-9,18,22,25,29H,3-5,10-17H2,1-2H3. The molecule has 0 aliphatic carbocycles. The Kier molecular flexibility index (Phi) is 12.1. The van der Waals surface area contributed by atoms with Crippen molar-refractivity contribution in [1.29, 1.82) is 0 Å². The number of benzene rings is 1. The molecule has 0 radical (unpaired) electrons. The fraction of sp³-hybridized carbons (Fsp3) is 0.583. The predicted molar refractivity (Wildman–Crippen MR) is 147 cm³/mol. The Hall–Kier alpha value is -1.74. The lowest BCUT2D eigenvalue weighted by Crippen LogP contribution is -2.43. The Morgan fingerprint density at radius 1 is 1.32 bits per heavy atom. The maximum Gasteiger partial charge on any atom is 0.357 e. The van der Waals surface area contributed by atoms with E-state index in [-0.39, 0.29) is 5.69 Å². The number of aliphatic hydroxyl groups is 1. The number of hydrogen-bond acceptors (Lipinski definition) is 11. The Balaban J connectivity index is 1.44. The first-order valence-corrected chi connectivity index (χ1v) is 16.1. The van der Waals surface area contributed by atoms with Gasteiger partial charge in [-0.25, -0.2) is 28.0 Å². The molecule has 1 saturated heterocycles. The van der Waals surface area contributed by atoms with Crippen molar-refractivity contribution in [3.63, 3.8) is 0 Å². The van der Waals surface area contributed by atoms with E-state index in [1.807, 2.05) is 0 Å². The first-order valence-electron chi connectivity index (χ1n) is 12.3. The molecule has 1 fully saturated rings. The highest BCUT2D eigenvalue weighted by Gasteiger charge is 2.19. The van der Waals surface area contributed by atoms with Gasteiger partial charge in [0, 0.05) is 37.3 Å². The monoisotopic (exact) mass is 572 g/mol. The normalized spacial score (nSPS) is 15.4. The van der Waals surface area contributed by atoms with Crippen molar-refractivity contribution in [1.82, 2.24) is 15.3 Å². The Morgan fingerprint density at radius 2 is 2.05 bits per heavy atom. The largest absolute Gasteiger partial charge is 0.460 e. The molecule has 206 valence electrons. The van der Waals surface area contributed by atoms with Crippen LogP contribution in [-0.4, -0.2) is 87.4 Å². The number of carbonyl (C=O) groups is 1. The second-order valence-corrected chi connectivity index (χ2v) is 12.7. The number of carbonyl (C=O) groups excluding carboxylic acids is 1. The van der Waals surface area contributed by atoms with Crippen LogP contribution in [0.4, 0.5) is 5.69 Å². The topological polar surface area (TPSA) is 121 Å². The van der Waals surface area contributed by atoms with E-state index in [2.05, 4.69) is 22.2 Å². The summed E-state index contributed by atoms with van der Waals surface area (Å²) in [5, 5.41) is 11.9. The van der Waals surface area contributed by atoms with E-state index in [4.69, 9.17) is 9.47 Å². The maximum absolute atomic E-state index is 12.4. The highest BCUT2D eigenvalue weighted by Crippen LogP contribution is 2.25. The third-order valence-corrected chi connectivity index (χ3v) is 8.72. The number of unbranched alkanes of at least 4 members (excludes halogenated alkanes) is 1. The van der Waals surface area contributed by atoms with Gasteiger partial charge in [-0.1, -0.05) is 43.7 Å². The molecule has 0 amide bonds. The van der Waals surface area contributed by atoms with Gasteiger partial charge >= 0.3 is 5.97 Å². The molecule has 1 aromatic heterocycles. The molecule has 3 rings (SSSR count). The van der Waals surface area contributed by atoms with Crippen LogP contribution >= 0.6 is 23.1 Å². The van der Waals surface area contributed by atoms with Crippen molar-refractivity contribution in [2.24, 2.45) is 0 Å². The van der Waals surface area contributed by atoms with Gasteiger partial charge in [0.25, 0.3) is 0 Å². The summed E-state index contributed by atoms with van der Waals surface area (Å²) in [4.78, 5) is 18.8. The van der Waals surface area contributed by atoms with Crippen LogP contribution in [0.2, 0.25) is 0 Å². The summed E-state index contributed by atoms with van der Waals surface area (Å²) < 4.78 is 37.2. The zero-order chi connectivity index (χ0) is 26.7. The number of thioether (sulfide) groups is 1. The van der Waals surface area contributed by atoms with E-state index in [1.165, 1.54) is 23.1 Å². The van der Waals surface area contributed by atoms with Gasteiger partial charge in [0.1, 0.15) is 6.61 Å². The second kappa shape index (κ2) is 15.0. The molecule has 1 aliphatic heterocycles. The fourth-order valence-corrected chi connectivity index (χ4v) is 6.21. The third kappa shape index (κ3) is 9.82. The molecule has 0 bridgehead atoms. The molecule has 2 aromatic rings. The number of ether oxygens (including phenoxy) is 2. The molecular weight excluding hydrogens is 536 g/mol. The van der Waals surface area contributed by atoms with E-state index in [9.17, 15) is 18.3 Å². The van der Waals surface area contributed by atoms with Crippen molar-refractivity contribution in [3.05, 3.63) is 40.9 Å². The first kappa shape index (κ1) is 29.8. The Bertz CT molecular complexity index is 1070. The van der Waals surface area contributed by atoms with Crippen LogP contribution in [0.15, 0.2) is 34.0 Å². The summed E-state index contributed by atoms with van der Waals surface area (Å²) in [6, 6.07) is 6.87. The average molecular weight is 573 g/mol. The molecule has 0 spiro atoms. The van der Waals surface area contributed by atoms with E-state index < -0.39 is 22.1 Å². The van der Waals surface area contributed by atoms with Crippen LogP contribution in [0.5, 0.6) is 0 Å². The molecule has 1 atom stereocenters. The van der Waals surface area contributed by atoms with Gasteiger partial charge in [0.2, 0.25) is 10.0 Å². The number of aromatic nitrogens is 1. The predicted octanol–water partition coefficient (Wildman–Crippen LogP) is 2.92. The number of thiazole rings is 1. The van der Waals surface area contributed by atoms with E-state index in [0.717, 1.165) is 42.2 Å². The van der Waals surface area contributed by atoms with Gasteiger partial charge < -0.3 is 14.6 Å². The lowest BCUT2D eigenvalue weighted by molar-refractivity contribution is 0.0193. The van der Waals surface area contributed by atoms with Crippen molar-refractivity contribution in [3.8, 4) is 0 Å². The summed E-state index contributed by atoms with van der Waals surface area (Å²) >= 11 is 2.78. The molecule has 0 saturated carbocycles. The van der Waals surface area contributed by atoms with E-state index in [0.29, 0.717) is 55.1 Å². The van der Waals surface area contributed by atoms with Gasteiger partial charge in [-0.15, -0.1) is 11.3 Å². The van der Waals surface area contributed by atoms with Gasteiger partial charge in [-0.05, 0) is 24.1 Å². The number of esters is 1. The number of nitrogens with one attached hydrogen (secondary N) is 1. The lowest BCUT2D eigenvalue weighted by atomic mass is 10.0. The molecule has 13 heteroatoms. The highest BCUT2D eigenvalue weighted by atomic mass is 32.2. The summed E-state index contributed by atoms with van der Waals surface area (Å²) in [5.74, 6) is 0.0970. The summed E-state index contributed by atoms with van der Waals surface area (Å²) in [6.07, 6.45) is 3.17. The van der Waals surface area contributed by atoms with E-state index >= 15 is 0 Å². The maximum atomic E-state index is 12.4. The minimum Gasteiger partial charge on any atom is -0.460 e. The van der Waals surface area contributed by atoms with Crippen molar-refractivity contribution in [2.45, 2.75) is 36.6 Å². The van der Waals surface area contributed by atoms with Gasteiger partial charge in [0.15, 0.2) is 10.0 Å². The SMILES string of the molecule is CCCCC(O)c1ccc(N(NCCSc2nc(C(=O)OCCN3CCOCC3)cs2)S(C)(=O)=O)cc1. The molecule has 1 aliphatic rings. The second-order valence-electron chi connectivity index (χ2n) is 8.62. The number of morpholine rings is 1. The molecule has 2 heterocycles. The van der Waals surface area contributed by atoms with E-state index in [1.54, 1.807) is 29.6 Å². The third-order valence-electron chi connectivity index (χ3n) is 5.69. The smallest absolute Gasteiger partial charge is 0.357 e. The van der Waals surface area contributed by atoms with Crippen LogP contribution in [0.25, 0.3) is 0 Å². The molecule has 1 unspecified atom stereocenters. The van der Waals surface area contributed by atoms with Crippen molar-refractivity contribution in [2.75, 3.05) is 62.4 Å². The zero-order valence-corrected chi connectivity index (χ0v) is 23.7. The number of hydrazine groups is 1. The minimum absolute atomic E-state index is 0.279. The number of anilines is 1. The molecule has 2 N–H and O–H groups in total. The Morgan fingerprint density at radius 3 is 2.73 bits per heavy atom. The summed E-state index contributed by atoms with van der Waals surface area (Å²) in [7, 11) is -3.57. The molecule has 1 aromatic carbocycles. The average Bonchev–Trinajstić information content (AvgIpc) is 3.36. The van der Waals surface area contributed by atoms with Gasteiger partial charge in [-0.3, -0.25) is 4.90 Å². The quantitative estimate of drug-likeness (QED) is 0.143. The molecule has 37 heavy (non-hydrogen) atoms. The zero-order valence-electron chi connectivity index (χ0n) is 21.3. The van der Waals surface area contributed by atoms with Crippen LogP contribution < -0.4 is 9.84 Å². The number of hydrogen-bond donors (Lipinski definition) is 2. The molecule has 10 nitrogen and oxygen atoms in total. The number of aliphatic hydroxyl groups excluding tert-OH is 1. The lowest BCUT2D eigenvalue weighted by Gasteiger charge is -2.26. The number of sulfonamides is 1. The number of nitrogens with zero attached hydrogens (tertiary/aromatic N) is 3. The minimum atomic E-state index is -3.57. The van der Waals surface area contributed by atoms with Crippen molar-refractivity contribution < 1.29 is 27.8 Å². The molecular formula is C24H36N4O6S3.